The molecular weight excluding hydrogens is 368 g/mol. The number of carbonyl (C=O) groups excluding carboxylic acids is 3. The number of hydrogen-bond acceptors (Lipinski definition) is 4. The van der Waals surface area contributed by atoms with Crippen LogP contribution in [-0.2, 0) is 16.1 Å². The Bertz CT molecular complexity index is 680. The van der Waals surface area contributed by atoms with Crippen LogP contribution < -0.4 is 10.6 Å². The van der Waals surface area contributed by atoms with E-state index in [1.807, 2.05) is 21.9 Å². The summed E-state index contributed by atoms with van der Waals surface area (Å²) >= 11 is 0. The van der Waals surface area contributed by atoms with Crippen LogP contribution >= 0.6 is 12.4 Å². The summed E-state index contributed by atoms with van der Waals surface area (Å²) in [5.41, 5.74) is 1.60. The fraction of sp³-hybridized carbons (Fsp3) is 0.526. The second-order valence-corrected chi connectivity index (χ2v) is 6.92. The minimum absolute atomic E-state index is 0. The van der Waals surface area contributed by atoms with Crippen molar-refractivity contribution in [2.75, 3.05) is 32.7 Å². The summed E-state index contributed by atoms with van der Waals surface area (Å²) in [6.45, 7) is 5.17. The lowest BCUT2D eigenvalue weighted by atomic mass is 10.0. The molecule has 2 aliphatic rings. The normalized spacial score (nSPS) is 20.0. The van der Waals surface area contributed by atoms with Gasteiger partial charge in [0, 0.05) is 51.3 Å². The summed E-state index contributed by atoms with van der Waals surface area (Å²) < 4.78 is 0. The third kappa shape index (κ3) is 5.43. The Balaban J connectivity index is 0.00000261. The minimum atomic E-state index is -0.0769. The quantitative estimate of drug-likeness (QED) is 0.790. The van der Waals surface area contributed by atoms with Crippen molar-refractivity contribution >= 4 is 30.1 Å². The SMILES string of the molecule is CC(=O)NCc1ccc(C(=O)N2CCCC(N3CCNCC3=O)C2)cc1.Cl. The molecule has 2 heterocycles. The largest absolute Gasteiger partial charge is 0.352 e. The molecular formula is C19H27ClN4O3. The van der Waals surface area contributed by atoms with Gasteiger partial charge >= 0.3 is 0 Å². The van der Waals surface area contributed by atoms with Gasteiger partial charge in [-0.25, -0.2) is 0 Å². The maximum atomic E-state index is 12.8. The standard InChI is InChI=1S/C19H26N4O3.ClH/c1-14(24)21-11-15-4-6-16(7-5-15)19(26)22-9-2-3-17(13-22)23-10-8-20-12-18(23)25;/h4-7,17,20H,2-3,8-13H2,1H3,(H,21,24);1H. The Morgan fingerprint density at radius 3 is 2.63 bits per heavy atom. The highest BCUT2D eigenvalue weighted by molar-refractivity contribution is 5.94. The first-order chi connectivity index (χ1) is 12.5. The summed E-state index contributed by atoms with van der Waals surface area (Å²) in [6.07, 6.45) is 1.86. The Labute approximate surface area is 165 Å². The Kier molecular flexibility index (Phi) is 7.62. The molecule has 1 atom stereocenters. The molecule has 2 aliphatic heterocycles. The van der Waals surface area contributed by atoms with Gasteiger partial charge in [0.05, 0.1) is 6.54 Å². The fourth-order valence-electron chi connectivity index (χ4n) is 3.58. The van der Waals surface area contributed by atoms with E-state index in [0.717, 1.165) is 31.5 Å². The van der Waals surface area contributed by atoms with Gasteiger partial charge in [-0.15, -0.1) is 12.4 Å². The van der Waals surface area contributed by atoms with Crippen molar-refractivity contribution in [3.05, 3.63) is 35.4 Å². The van der Waals surface area contributed by atoms with Crippen LogP contribution in [0.2, 0.25) is 0 Å². The smallest absolute Gasteiger partial charge is 0.253 e. The zero-order valence-electron chi connectivity index (χ0n) is 15.6. The zero-order chi connectivity index (χ0) is 18.5. The molecule has 0 aromatic heterocycles. The monoisotopic (exact) mass is 394 g/mol. The van der Waals surface area contributed by atoms with Crippen LogP contribution in [0.25, 0.3) is 0 Å². The minimum Gasteiger partial charge on any atom is -0.352 e. The molecule has 0 radical (unpaired) electrons. The molecule has 8 heteroatoms. The van der Waals surface area contributed by atoms with Crippen LogP contribution in [0.5, 0.6) is 0 Å². The lowest BCUT2D eigenvalue weighted by Crippen LogP contribution is -2.57. The molecule has 2 saturated heterocycles. The number of nitrogens with one attached hydrogen (secondary N) is 2. The van der Waals surface area contributed by atoms with E-state index in [4.69, 9.17) is 0 Å². The van der Waals surface area contributed by atoms with Gasteiger partial charge in [-0.05, 0) is 30.5 Å². The maximum absolute atomic E-state index is 12.8. The fourth-order valence-corrected chi connectivity index (χ4v) is 3.58. The van der Waals surface area contributed by atoms with Crippen molar-refractivity contribution in [3.8, 4) is 0 Å². The average Bonchev–Trinajstić information content (AvgIpc) is 2.66. The molecule has 0 aliphatic carbocycles. The van der Waals surface area contributed by atoms with Gasteiger partial charge in [0.1, 0.15) is 0 Å². The maximum Gasteiger partial charge on any atom is 0.253 e. The molecule has 27 heavy (non-hydrogen) atoms. The highest BCUT2D eigenvalue weighted by atomic mass is 35.5. The van der Waals surface area contributed by atoms with Crippen LogP contribution in [0.15, 0.2) is 24.3 Å². The van der Waals surface area contributed by atoms with E-state index in [-0.39, 0.29) is 36.2 Å². The van der Waals surface area contributed by atoms with Crippen LogP contribution in [0.1, 0.15) is 35.7 Å². The van der Waals surface area contributed by atoms with Crippen LogP contribution in [-0.4, -0.2) is 66.3 Å². The molecule has 0 bridgehead atoms. The molecule has 7 nitrogen and oxygen atoms in total. The zero-order valence-corrected chi connectivity index (χ0v) is 16.4. The number of benzene rings is 1. The third-order valence-electron chi connectivity index (χ3n) is 4.99. The van der Waals surface area contributed by atoms with Crippen molar-refractivity contribution < 1.29 is 14.4 Å². The lowest BCUT2D eigenvalue weighted by molar-refractivity contribution is -0.135. The van der Waals surface area contributed by atoms with E-state index in [0.29, 0.717) is 31.7 Å². The first-order valence-corrected chi connectivity index (χ1v) is 9.17. The highest BCUT2D eigenvalue weighted by Crippen LogP contribution is 2.19. The van der Waals surface area contributed by atoms with Gasteiger partial charge in [-0.3, -0.25) is 14.4 Å². The summed E-state index contributed by atoms with van der Waals surface area (Å²) in [7, 11) is 0. The van der Waals surface area contributed by atoms with Crippen molar-refractivity contribution in [2.45, 2.75) is 32.4 Å². The molecule has 0 saturated carbocycles. The van der Waals surface area contributed by atoms with E-state index in [9.17, 15) is 14.4 Å². The number of nitrogens with zero attached hydrogens (tertiary/aromatic N) is 2. The molecule has 0 spiro atoms. The van der Waals surface area contributed by atoms with Crippen LogP contribution in [0.4, 0.5) is 0 Å². The topological polar surface area (TPSA) is 81.8 Å². The van der Waals surface area contributed by atoms with Gasteiger partial charge in [0.15, 0.2) is 0 Å². The molecule has 1 aromatic rings. The predicted octanol–water partition coefficient (Wildman–Crippen LogP) is 0.781. The molecule has 2 N–H and O–H groups in total. The first-order valence-electron chi connectivity index (χ1n) is 9.17. The lowest BCUT2D eigenvalue weighted by Gasteiger charge is -2.41. The molecule has 1 aromatic carbocycles. The van der Waals surface area contributed by atoms with Crippen molar-refractivity contribution in [1.82, 2.24) is 20.4 Å². The number of rotatable bonds is 4. The summed E-state index contributed by atoms with van der Waals surface area (Å²) in [4.78, 5) is 39.7. The molecule has 148 valence electrons. The van der Waals surface area contributed by atoms with E-state index in [1.54, 1.807) is 12.1 Å². The second kappa shape index (κ2) is 9.71. The molecule has 2 fully saturated rings. The summed E-state index contributed by atoms with van der Waals surface area (Å²) in [5, 5.41) is 5.83. The van der Waals surface area contributed by atoms with Crippen LogP contribution in [0, 0.1) is 0 Å². The molecule has 1 unspecified atom stereocenters. The van der Waals surface area contributed by atoms with Crippen molar-refractivity contribution in [1.29, 1.82) is 0 Å². The van der Waals surface area contributed by atoms with Gasteiger partial charge in [-0.1, -0.05) is 12.1 Å². The molecule has 3 amide bonds. The number of hydrogen-bond donors (Lipinski definition) is 2. The number of piperazine rings is 1. The summed E-state index contributed by atoms with van der Waals surface area (Å²) in [5.74, 6) is 0.0493. The van der Waals surface area contributed by atoms with Crippen molar-refractivity contribution in [3.63, 3.8) is 0 Å². The predicted molar refractivity (Wildman–Crippen MR) is 105 cm³/mol. The Morgan fingerprint density at radius 2 is 1.96 bits per heavy atom. The van der Waals surface area contributed by atoms with Gasteiger partial charge in [0.2, 0.25) is 11.8 Å². The van der Waals surface area contributed by atoms with Crippen molar-refractivity contribution in [2.24, 2.45) is 0 Å². The number of piperidine rings is 1. The van der Waals surface area contributed by atoms with E-state index < -0.39 is 0 Å². The van der Waals surface area contributed by atoms with Crippen LogP contribution in [0.3, 0.4) is 0 Å². The Hall–Kier alpha value is -2.12. The number of carbonyl (C=O) groups is 3. The Morgan fingerprint density at radius 1 is 1.22 bits per heavy atom. The third-order valence-corrected chi connectivity index (χ3v) is 4.99. The second-order valence-electron chi connectivity index (χ2n) is 6.92. The number of halogens is 1. The average molecular weight is 395 g/mol. The number of amides is 3. The van der Waals surface area contributed by atoms with Gasteiger partial charge < -0.3 is 20.4 Å². The van der Waals surface area contributed by atoms with E-state index in [2.05, 4.69) is 10.6 Å². The van der Waals surface area contributed by atoms with Gasteiger partial charge in [0.25, 0.3) is 5.91 Å². The van der Waals surface area contributed by atoms with E-state index >= 15 is 0 Å². The first kappa shape index (κ1) is 21.2. The van der Waals surface area contributed by atoms with Gasteiger partial charge in [-0.2, -0.15) is 0 Å². The molecule has 3 rings (SSSR count). The van der Waals surface area contributed by atoms with E-state index in [1.165, 1.54) is 6.92 Å². The summed E-state index contributed by atoms with van der Waals surface area (Å²) in [6, 6.07) is 7.45. The number of likely N-dealkylation sites (tertiary alicyclic amines) is 1. The highest BCUT2D eigenvalue weighted by Gasteiger charge is 2.31.